The van der Waals surface area contributed by atoms with Crippen LogP contribution in [0.15, 0.2) is 30.3 Å². The Morgan fingerprint density at radius 2 is 1.37 bits per heavy atom. The number of carbonyl (C=O) groups excluding carboxylic acids is 6. The number of hydrogen-bond acceptors (Lipinski definition) is 9. The highest BCUT2D eigenvalue weighted by Gasteiger charge is 2.43. The Kier molecular flexibility index (Phi) is 9.74. The molecule has 3 N–H and O–H groups in total. The zero-order chi connectivity index (χ0) is 26.1. The normalized spacial score (nSPS) is 19.0. The summed E-state index contributed by atoms with van der Waals surface area (Å²) in [5.41, 5.74) is 0.852. The molecule has 1 saturated heterocycles. The Morgan fingerprint density at radius 1 is 0.857 bits per heavy atom. The average molecular weight is 491 g/mol. The number of piperazine rings is 1. The standard InChI is InChI=1S/C23H29N3O9/c1-12(17(21(30)33-2)22(31)34-3)18(23(32)35-4)26-16(27)11-15-20(29)24-14(19(28)25-15)10-13-8-6-5-7-9-13/h5-9,12,14-15,17-18H,10-11H2,1-4H3,(H,24,29)(H,25,28)(H,26,27)/t12-,14-,15-,18-/m0/s1. The zero-order valence-corrected chi connectivity index (χ0v) is 19.9. The molecule has 0 spiro atoms. The molecule has 3 amide bonds. The van der Waals surface area contributed by atoms with Gasteiger partial charge in [0.1, 0.15) is 18.1 Å². The van der Waals surface area contributed by atoms with E-state index in [1.54, 1.807) is 0 Å². The highest BCUT2D eigenvalue weighted by atomic mass is 16.5. The molecule has 2 rings (SSSR count). The maximum absolute atomic E-state index is 12.7. The molecule has 12 nitrogen and oxygen atoms in total. The van der Waals surface area contributed by atoms with Gasteiger partial charge in [-0.3, -0.25) is 24.0 Å². The number of rotatable bonds is 10. The van der Waals surface area contributed by atoms with Crippen LogP contribution in [0.25, 0.3) is 0 Å². The van der Waals surface area contributed by atoms with Gasteiger partial charge in [0, 0.05) is 12.3 Å². The lowest BCUT2D eigenvalue weighted by atomic mass is 9.87. The number of methoxy groups -OCH3 is 3. The maximum atomic E-state index is 12.7. The van der Waals surface area contributed by atoms with Gasteiger partial charge in [-0.05, 0) is 5.56 Å². The molecule has 1 aliphatic rings. The second kappa shape index (κ2) is 12.5. The number of hydrogen-bond donors (Lipinski definition) is 3. The molecule has 0 bridgehead atoms. The quantitative estimate of drug-likeness (QED) is 0.208. The molecule has 0 saturated carbocycles. The SMILES string of the molecule is COC(=O)C(C(=O)OC)[C@H](C)[C@H](NC(=O)C[C@@H]1NC(=O)[C@H](Cc2ccccc2)NC1=O)C(=O)OC. The summed E-state index contributed by atoms with van der Waals surface area (Å²) in [5, 5.41) is 7.49. The molecule has 190 valence electrons. The highest BCUT2D eigenvalue weighted by Crippen LogP contribution is 2.21. The van der Waals surface area contributed by atoms with Gasteiger partial charge in [-0.2, -0.15) is 0 Å². The molecule has 35 heavy (non-hydrogen) atoms. The molecule has 4 atom stereocenters. The number of amides is 3. The Morgan fingerprint density at radius 3 is 1.91 bits per heavy atom. The predicted molar refractivity (Wildman–Crippen MR) is 119 cm³/mol. The minimum Gasteiger partial charge on any atom is -0.468 e. The van der Waals surface area contributed by atoms with Crippen LogP contribution < -0.4 is 16.0 Å². The Labute approximate surface area is 202 Å². The first-order valence-corrected chi connectivity index (χ1v) is 10.8. The van der Waals surface area contributed by atoms with Crippen molar-refractivity contribution < 1.29 is 43.0 Å². The molecular weight excluding hydrogens is 462 g/mol. The van der Waals surface area contributed by atoms with E-state index in [-0.39, 0.29) is 6.42 Å². The lowest BCUT2D eigenvalue weighted by Gasteiger charge is -2.30. The van der Waals surface area contributed by atoms with E-state index in [9.17, 15) is 28.8 Å². The van der Waals surface area contributed by atoms with Gasteiger partial charge < -0.3 is 30.2 Å². The van der Waals surface area contributed by atoms with Crippen molar-refractivity contribution in [1.82, 2.24) is 16.0 Å². The van der Waals surface area contributed by atoms with E-state index >= 15 is 0 Å². The first-order chi connectivity index (χ1) is 16.6. The summed E-state index contributed by atoms with van der Waals surface area (Å²) in [5.74, 6) is -7.30. The molecule has 0 aromatic heterocycles. The summed E-state index contributed by atoms with van der Waals surface area (Å²) in [6.45, 7) is 1.36. The molecule has 1 aromatic carbocycles. The number of ether oxygens (including phenoxy) is 3. The van der Waals surface area contributed by atoms with E-state index in [1.165, 1.54) is 6.92 Å². The van der Waals surface area contributed by atoms with E-state index in [1.807, 2.05) is 30.3 Å². The molecule has 0 unspecified atom stereocenters. The molecule has 1 aromatic rings. The van der Waals surface area contributed by atoms with Crippen LogP contribution in [0.4, 0.5) is 0 Å². The fourth-order valence-corrected chi connectivity index (χ4v) is 3.73. The zero-order valence-electron chi connectivity index (χ0n) is 19.9. The maximum Gasteiger partial charge on any atom is 0.328 e. The molecule has 0 radical (unpaired) electrons. The van der Waals surface area contributed by atoms with Crippen molar-refractivity contribution in [2.45, 2.75) is 37.9 Å². The van der Waals surface area contributed by atoms with Gasteiger partial charge in [-0.15, -0.1) is 0 Å². The molecular formula is C23H29N3O9. The summed E-state index contributed by atoms with van der Waals surface area (Å²) in [6.07, 6.45) is -0.210. The van der Waals surface area contributed by atoms with Crippen LogP contribution >= 0.6 is 0 Å². The Hall–Kier alpha value is -3.96. The Bertz CT molecular complexity index is 950. The lowest BCUT2D eigenvalue weighted by Crippen LogP contribution is -2.63. The predicted octanol–water partition coefficient (Wildman–Crippen LogP) is -1.14. The number of esters is 3. The largest absolute Gasteiger partial charge is 0.468 e. The molecule has 0 aliphatic carbocycles. The summed E-state index contributed by atoms with van der Waals surface area (Å²) in [6, 6.07) is 5.69. The lowest BCUT2D eigenvalue weighted by molar-refractivity contribution is -0.163. The van der Waals surface area contributed by atoms with E-state index in [0.29, 0.717) is 0 Å². The fourth-order valence-electron chi connectivity index (χ4n) is 3.73. The Balaban J connectivity index is 2.07. The van der Waals surface area contributed by atoms with Gasteiger partial charge in [0.15, 0.2) is 5.92 Å². The van der Waals surface area contributed by atoms with Crippen LogP contribution in [0.2, 0.25) is 0 Å². The topological polar surface area (TPSA) is 166 Å². The first kappa shape index (κ1) is 27.3. The van der Waals surface area contributed by atoms with E-state index in [0.717, 1.165) is 26.9 Å². The first-order valence-electron chi connectivity index (χ1n) is 10.8. The minimum absolute atomic E-state index is 0.279. The summed E-state index contributed by atoms with van der Waals surface area (Å²) in [7, 11) is 3.19. The van der Waals surface area contributed by atoms with E-state index < -0.39 is 72.0 Å². The van der Waals surface area contributed by atoms with Gasteiger partial charge in [-0.25, -0.2) is 4.79 Å². The van der Waals surface area contributed by atoms with Crippen LogP contribution in [0.3, 0.4) is 0 Å². The third-order valence-corrected chi connectivity index (χ3v) is 5.67. The summed E-state index contributed by atoms with van der Waals surface area (Å²) < 4.78 is 13.9. The molecule has 1 fully saturated rings. The molecule has 12 heteroatoms. The third kappa shape index (κ3) is 7.01. The summed E-state index contributed by atoms with van der Waals surface area (Å²) in [4.78, 5) is 74.3. The smallest absolute Gasteiger partial charge is 0.328 e. The number of nitrogens with one attached hydrogen (secondary N) is 3. The van der Waals surface area contributed by atoms with Crippen LogP contribution in [-0.4, -0.2) is 75.1 Å². The highest BCUT2D eigenvalue weighted by molar-refractivity contribution is 6.00. The van der Waals surface area contributed by atoms with E-state index in [4.69, 9.17) is 4.74 Å². The van der Waals surface area contributed by atoms with Gasteiger partial charge in [-0.1, -0.05) is 37.3 Å². The number of carbonyl (C=O) groups is 6. The van der Waals surface area contributed by atoms with Crippen LogP contribution in [-0.2, 0) is 49.4 Å². The van der Waals surface area contributed by atoms with Crippen LogP contribution in [0, 0.1) is 11.8 Å². The van der Waals surface area contributed by atoms with Crippen LogP contribution in [0.1, 0.15) is 18.9 Å². The summed E-state index contributed by atoms with van der Waals surface area (Å²) >= 11 is 0. The number of benzene rings is 1. The van der Waals surface area contributed by atoms with Gasteiger partial charge in [0.2, 0.25) is 17.7 Å². The average Bonchev–Trinajstić information content (AvgIpc) is 2.85. The van der Waals surface area contributed by atoms with Crippen LogP contribution in [0.5, 0.6) is 0 Å². The minimum atomic E-state index is -1.52. The van der Waals surface area contributed by atoms with Crippen molar-refractivity contribution in [2.75, 3.05) is 21.3 Å². The van der Waals surface area contributed by atoms with Gasteiger partial charge >= 0.3 is 17.9 Å². The van der Waals surface area contributed by atoms with E-state index in [2.05, 4.69) is 25.4 Å². The monoisotopic (exact) mass is 491 g/mol. The second-order valence-corrected chi connectivity index (χ2v) is 7.97. The molecule has 1 aliphatic heterocycles. The van der Waals surface area contributed by atoms with Crippen molar-refractivity contribution in [2.24, 2.45) is 11.8 Å². The van der Waals surface area contributed by atoms with Crippen molar-refractivity contribution >= 4 is 35.6 Å². The second-order valence-electron chi connectivity index (χ2n) is 7.97. The fraction of sp³-hybridized carbons (Fsp3) is 0.478. The van der Waals surface area contributed by atoms with Crippen molar-refractivity contribution in [1.29, 1.82) is 0 Å². The third-order valence-electron chi connectivity index (χ3n) is 5.67. The van der Waals surface area contributed by atoms with Crippen molar-refractivity contribution in [3.8, 4) is 0 Å². The van der Waals surface area contributed by atoms with Crippen molar-refractivity contribution in [3.05, 3.63) is 35.9 Å². The van der Waals surface area contributed by atoms with Gasteiger partial charge in [0.05, 0.1) is 27.8 Å². The van der Waals surface area contributed by atoms with Gasteiger partial charge in [0.25, 0.3) is 0 Å². The molecule has 1 heterocycles. The van der Waals surface area contributed by atoms with Crippen molar-refractivity contribution in [3.63, 3.8) is 0 Å².